The van der Waals surface area contributed by atoms with Crippen LogP contribution in [-0.2, 0) is 6.54 Å². The van der Waals surface area contributed by atoms with Crippen molar-refractivity contribution in [2.45, 2.75) is 26.4 Å². The molecule has 2 rings (SSSR count). The summed E-state index contributed by atoms with van der Waals surface area (Å²) in [5, 5.41) is 3.54. The highest BCUT2D eigenvalue weighted by molar-refractivity contribution is 5.23. The number of aryl methyl sites for hydroxylation is 1. The van der Waals surface area contributed by atoms with Crippen LogP contribution in [0.15, 0.2) is 54.6 Å². The largest absolute Gasteiger partial charge is 0.306 e. The minimum atomic E-state index is 0.386. The minimum Gasteiger partial charge on any atom is -0.306 e. The molecule has 1 heteroatoms. The zero-order chi connectivity index (χ0) is 12.1. The lowest BCUT2D eigenvalue weighted by molar-refractivity contribution is 0.574. The molecule has 1 unspecified atom stereocenters. The summed E-state index contributed by atoms with van der Waals surface area (Å²) in [4.78, 5) is 0. The predicted octanol–water partition coefficient (Wildman–Crippen LogP) is 3.85. The molecule has 1 nitrogen and oxygen atoms in total. The van der Waals surface area contributed by atoms with E-state index in [4.69, 9.17) is 0 Å². The van der Waals surface area contributed by atoms with Crippen LogP contribution < -0.4 is 5.32 Å². The number of hydrogen-bond acceptors (Lipinski definition) is 1. The molecule has 0 aliphatic carbocycles. The third-order valence-corrected chi connectivity index (χ3v) is 2.99. The van der Waals surface area contributed by atoms with Crippen LogP contribution in [0.2, 0.25) is 0 Å². The van der Waals surface area contributed by atoms with Crippen molar-refractivity contribution in [2.24, 2.45) is 0 Å². The molecular weight excluding hydrogens is 206 g/mol. The fourth-order valence-corrected chi connectivity index (χ4v) is 1.95. The topological polar surface area (TPSA) is 12.0 Å². The molecule has 0 aromatic heterocycles. The third kappa shape index (κ3) is 3.43. The number of nitrogens with one attached hydrogen (secondary N) is 1. The monoisotopic (exact) mass is 225 g/mol. The Morgan fingerprint density at radius 1 is 1.00 bits per heavy atom. The van der Waals surface area contributed by atoms with E-state index in [1.165, 1.54) is 16.7 Å². The van der Waals surface area contributed by atoms with Crippen LogP contribution in [0.5, 0.6) is 0 Å². The Balaban J connectivity index is 1.95. The van der Waals surface area contributed by atoms with E-state index in [-0.39, 0.29) is 0 Å². The Labute approximate surface area is 103 Å². The summed E-state index contributed by atoms with van der Waals surface area (Å²) in [6.45, 7) is 5.24. The van der Waals surface area contributed by atoms with E-state index in [0.29, 0.717) is 6.04 Å². The lowest BCUT2D eigenvalue weighted by atomic mass is 10.1. The molecule has 0 saturated carbocycles. The molecule has 0 heterocycles. The van der Waals surface area contributed by atoms with Gasteiger partial charge in [0.15, 0.2) is 0 Å². The first-order valence-electron chi connectivity index (χ1n) is 6.09. The molecule has 0 aliphatic rings. The van der Waals surface area contributed by atoms with Crippen LogP contribution in [0, 0.1) is 6.92 Å². The van der Waals surface area contributed by atoms with Gasteiger partial charge in [-0.1, -0.05) is 60.2 Å². The van der Waals surface area contributed by atoms with Gasteiger partial charge in [-0.25, -0.2) is 0 Å². The van der Waals surface area contributed by atoms with Crippen molar-refractivity contribution < 1.29 is 0 Å². The molecule has 1 atom stereocenters. The van der Waals surface area contributed by atoms with E-state index in [1.807, 2.05) is 0 Å². The fourth-order valence-electron chi connectivity index (χ4n) is 1.95. The smallest absolute Gasteiger partial charge is 0.0294 e. The van der Waals surface area contributed by atoms with Gasteiger partial charge < -0.3 is 5.32 Å². The molecule has 17 heavy (non-hydrogen) atoms. The SMILES string of the molecule is Cc1cccc(CNC(C)c2ccccc2)c1. The maximum absolute atomic E-state index is 3.54. The summed E-state index contributed by atoms with van der Waals surface area (Å²) in [5.74, 6) is 0. The van der Waals surface area contributed by atoms with Gasteiger partial charge in [-0.15, -0.1) is 0 Å². The lowest BCUT2D eigenvalue weighted by Gasteiger charge is -2.14. The molecular formula is C16H19N. The first-order valence-corrected chi connectivity index (χ1v) is 6.09. The Morgan fingerprint density at radius 2 is 1.76 bits per heavy atom. The van der Waals surface area contributed by atoms with Crippen LogP contribution in [0.1, 0.15) is 29.7 Å². The molecule has 0 bridgehead atoms. The van der Waals surface area contributed by atoms with E-state index in [9.17, 15) is 0 Å². The van der Waals surface area contributed by atoms with Gasteiger partial charge in [0.1, 0.15) is 0 Å². The van der Waals surface area contributed by atoms with E-state index >= 15 is 0 Å². The summed E-state index contributed by atoms with van der Waals surface area (Å²) in [5.41, 5.74) is 3.99. The Hall–Kier alpha value is -1.60. The Morgan fingerprint density at radius 3 is 2.47 bits per heavy atom. The maximum Gasteiger partial charge on any atom is 0.0294 e. The highest BCUT2D eigenvalue weighted by Gasteiger charge is 2.03. The molecule has 0 fully saturated rings. The van der Waals surface area contributed by atoms with Crippen LogP contribution in [0.3, 0.4) is 0 Å². The first-order chi connectivity index (χ1) is 8.25. The lowest BCUT2D eigenvalue weighted by Crippen LogP contribution is -2.17. The number of hydrogen-bond donors (Lipinski definition) is 1. The van der Waals surface area contributed by atoms with Gasteiger partial charge in [-0.2, -0.15) is 0 Å². The number of benzene rings is 2. The molecule has 2 aromatic carbocycles. The van der Waals surface area contributed by atoms with Gasteiger partial charge >= 0.3 is 0 Å². The second kappa shape index (κ2) is 5.65. The molecule has 88 valence electrons. The summed E-state index contributed by atoms with van der Waals surface area (Å²) in [6, 6.07) is 19.6. The third-order valence-electron chi connectivity index (χ3n) is 2.99. The molecule has 0 aliphatic heterocycles. The van der Waals surface area contributed by atoms with E-state index in [1.54, 1.807) is 0 Å². The van der Waals surface area contributed by atoms with Crippen molar-refractivity contribution in [1.82, 2.24) is 5.32 Å². The predicted molar refractivity (Wildman–Crippen MR) is 72.9 cm³/mol. The van der Waals surface area contributed by atoms with Gasteiger partial charge in [-0.05, 0) is 25.0 Å². The van der Waals surface area contributed by atoms with Crippen LogP contribution in [-0.4, -0.2) is 0 Å². The molecule has 0 spiro atoms. The van der Waals surface area contributed by atoms with Gasteiger partial charge in [0.2, 0.25) is 0 Å². The van der Waals surface area contributed by atoms with Crippen molar-refractivity contribution in [2.75, 3.05) is 0 Å². The van der Waals surface area contributed by atoms with Crippen molar-refractivity contribution in [1.29, 1.82) is 0 Å². The van der Waals surface area contributed by atoms with Crippen molar-refractivity contribution in [3.05, 3.63) is 71.3 Å². The highest BCUT2D eigenvalue weighted by Crippen LogP contribution is 2.12. The Bertz CT molecular complexity index is 462. The van der Waals surface area contributed by atoms with Crippen LogP contribution >= 0.6 is 0 Å². The highest BCUT2D eigenvalue weighted by atomic mass is 14.9. The summed E-state index contributed by atoms with van der Waals surface area (Å²) >= 11 is 0. The first kappa shape index (κ1) is 11.9. The van der Waals surface area contributed by atoms with Gasteiger partial charge in [0.25, 0.3) is 0 Å². The van der Waals surface area contributed by atoms with Crippen molar-refractivity contribution >= 4 is 0 Å². The van der Waals surface area contributed by atoms with E-state index in [2.05, 4.69) is 73.8 Å². The van der Waals surface area contributed by atoms with E-state index in [0.717, 1.165) is 6.54 Å². The maximum atomic E-state index is 3.54. The second-order valence-corrected chi connectivity index (χ2v) is 4.50. The average Bonchev–Trinajstić information content (AvgIpc) is 2.37. The molecule has 0 radical (unpaired) electrons. The molecule has 1 N–H and O–H groups in total. The van der Waals surface area contributed by atoms with Crippen LogP contribution in [0.4, 0.5) is 0 Å². The standard InChI is InChI=1S/C16H19N/c1-13-7-6-8-15(11-13)12-17-14(2)16-9-4-3-5-10-16/h3-11,14,17H,12H2,1-2H3. The summed E-state index contributed by atoms with van der Waals surface area (Å²) in [7, 11) is 0. The van der Waals surface area contributed by atoms with Gasteiger partial charge in [-0.3, -0.25) is 0 Å². The molecule has 0 saturated heterocycles. The zero-order valence-corrected chi connectivity index (χ0v) is 10.5. The zero-order valence-electron chi connectivity index (χ0n) is 10.5. The summed E-state index contributed by atoms with van der Waals surface area (Å²) < 4.78 is 0. The minimum absolute atomic E-state index is 0.386. The summed E-state index contributed by atoms with van der Waals surface area (Å²) in [6.07, 6.45) is 0. The van der Waals surface area contributed by atoms with E-state index < -0.39 is 0 Å². The normalized spacial score (nSPS) is 12.4. The average molecular weight is 225 g/mol. The fraction of sp³-hybridized carbons (Fsp3) is 0.250. The Kier molecular flexibility index (Phi) is 3.94. The van der Waals surface area contributed by atoms with Crippen LogP contribution in [0.25, 0.3) is 0 Å². The van der Waals surface area contributed by atoms with Crippen molar-refractivity contribution in [3.8, 4) is 0 Å². The van der Waals surface area contributed by atoms with Gasteiger partial charge in [0.05, 0.1) is 0 Å². The number of rotatable bonds is 4. The second-order valence-electron chi connectivity index (χ2n) is 4.50. The van der Waals surface area contributed by atoms with Gasteiger partial charge in [0, 0.05) is 12.6 Å². The van der Waals surface area contributed by atoms with Crippen molar-refractivity contribution in [3.63, 3.8) is 0 Å². The molecule has 0 amide bonds. The quantitative estimate of drug-likeness (QED) is 0.833. The molecule has 2 aromatic rings.